The molecule has 2 rings (SSSR count). The van der Waals surface area contributed by atoms with E-state index < -0.39 is 10.0 Å². The van der Waals surface area contributed by atoms with Gasteiger partial charge in [0.05, 0.1) is 11.4 Å². The minimum absolute atomic E-state index is 0.144. The van der Waals surface area contributed by atoms with Crippen LogP contribution in [0.3, 0.4) is 0 Å². The van der Waals surface area contributed by atoms with Crippen molar-refractivity contribution in [1.29, 1.82) is 0 Å². The molecular weight excluding hydrogens is 302 g/mol. The minimum Gasteiger partial charge on any atom is -0.351 e. The molecule has 1 aliphatic heterocycles. The minimum atomic E-state index is -3.17. The first-order chi connectivity index (χ1) is 10.5. The van der Waals surface area contributed by atoms with E-state index in [2.05, 4.69) is 17.6 Å². The molecule has 1 fully saturated rings. The van der Waals surface area contributed by atoms with Crippen LogP contribution < -0.4 is 14.9 Å². The Morgan fingerprint density at radius 3 is 2.50 bits per heavy atom. The highest BCUT2D eigenvalue weighted by molar-refractivity contribution is 7.93. The SMILES string of the molecule is CCCNCCNC(=O)c1ccc(N2CCCS2(=O)=O)cc1. The van der Waals surface area contributed by atoms with E-state index in [-0.39, 0.29) is 11.7 Å². The van der Waals surface area contributed by atoms with Crippen molar-refractivity contribution >= 4 is 21.6 Å². The lowest BCUT2D eigenvalue weighted by Gasteiger charge is -2.17. The van der Waals surface area contributed by atoms with Crippen molar-refractivity contribution in [2.45, 2.75) is 19.8 Å². The van der Waals surface area contributed by atoms with Crippen LogP contribution in [-0.4, -0.2) is 46.3 Å². The Morgan fingerprint density at radius 2 is 1.91 bits per heavy atom. The van der Waals surface area contributed by atoms with Gasteiger partial charge in [-0.1, -0.05) is 6.92 Å². The third-order valence-corrected chi connectivity index (χ3v) is 5.40. The zero-order valence-corrected chi connectivity index (χ0v) is 13.7. The second-order valence-corrected chi connectivity index (χ2v) is 7.31. The number of benzene rings is 1. The number of sulfonamides is 1. The van der Waals surface area contributed by atoms with Crippen molar-refractivity contribution < 1.29 is 13.2 Å². The van der Waals surface area contributed by atoms with E-state index in [1.807, 2.05) is 0 Å². The van der Waals surface area contributed by atoms with Crippen LogP contribution in [0.1, 0.15) is 30.1 Å². The van der Waals surface area contributed by atoms with Crippen molar-refractivity contribution in [1.82, 2.24) is 10.6 Å². The third kappa shape index (κ3) is 4.20. The maximum Gasteiger partial charge on any atom is 0.251 e. The van der Waals surface area contributed by atoms with Crippen molar-refractivity contribution in [2.24, 2.45) is 0 Å². The Bertz CT molecular complexity index is 599. The van der Waals surface area contributed by atoms with E-state index in [0.717, 1.165) is 19.5 Å². The number of hydrogen-bond donors (Lipinski definition) is 2. The van der Waals surface area contributed by atoms with Crippen LogP contribution >= 0.6 is 0 Å². The number of nitrogens with zero attached hydrogens (tertiary/aromatic N) is 1. The second kappa shape index (κ2) is 7.60. The van der Waals surface area contributed by atoms with Crippen molar-refractivity contribution in [3.8, 4) is 0 Å². The van der Waals surface area contributed by atoms with Gasteiger partial charge in [0.2, 0.25) is 10.0 Å². The largest absolute Gasteiger partial charge is 0.351 e. The lowest BCUT2D eigenvalue weighted by molar-refractivity contribution is 0.0954. The molecule has 6 nitrogen and oxygen atoms in total. The molecule has 2 N–H and O–H groups in total. The van der Waals surface area contributed by atoms with Gasteiger partial charge < -0.3 is 10.6 Å². The summed E-state index contributed by atoms with van der Waals surface area (Å²) in [7, 11) is -3.17. The van der Waals surface area contributed by atoms with Crippen LogP contribution in [0.25, 0.3) is 0 Å². The number of nitrogens with one attached hydrogen (secondary N) is 2. The molecule has 1 aromatic rings. The molecule has 0 saturated carbocycles. The molecule has 1 heterocycles. The molecule has 0 spiro atoms. The van der Waals surface area contributed by atoms with Gasteiger partial charge in [-0.2, -0.15) is 0 Å². The molecule has 0 radical (unpaired) electrons. The van der Waals surface area contributed by atoms with Crippen LogP contribution in [-0.2, 0) is 10.0 Å². The van der Waals surface area contributed by atoms with Gasteiger partial charge in [-0.3, -0.25) is 9.10 Å². The van der Waals surface area contributed by atoms with E-state index in [9.17, 15) is 13.2 Å². The Hall–Kier alpha value is -1.60. The smallest absolute Gasteiger partial charge is 0.251 e. The summed E-state index contributed by atoms with van der Waals surface area (Å²) in [5, 5.41) is 6.04. The number of amides is 1. The number of anilines is 1. The maximum atomic E-state index is 12.0. The van der Waals surface area contributed by atoms with Crippen molar-refractivity contribution in [3.63, 3.8) is 0 Å². The molecule has 1 amide bonds. The van der Waals surface area contributed by atoms with Crippen LogP contribution in [0.4, 0.5) is 5.69 Å². The highest BCUT2D eigenvalue weighted by atomic mass is 32.2. The molecule has 0 unspecified atom stereocenters. The summed E-state index contributed by atoms with van der Waals surface area (Å²) in [4.78, 5) is 12.0. The van der Waals surface area contributed by atoms with Gasteiger partial charge in [-0.05, 0) is 43.7 Å². The molecule has 0 aromatic heterocycles. The summed E-state index contributed by atoms with van der Waals surface area (Å²) in [5.74, 6) is 0.0501. The highest BCUT2D eigenvalue weighted by Crippen LogP contribution is 2.24. The molecule has 122 valence electrons. The number of rotatable bonds is 7. The lowest BCUT2D eigenvalue weighted by atomic mass is 10.2. The standard InChI is InChI=1S/C15H23N3O3S/c1-2-8-16-9-10-17-15(19)13-4-6-14(7-5-13)18-11-3-12-22(18,20)21/h4-7,16H,2-3,8-12H2,1H3,(H,17,19). The molecule has 0 atom stereocenters. The quantitative estimate of drug-likeness (QED) is 0.732. The predicted octanol–water partition coefficient (Wildman–Crippen LogP) is 0.956. The first-order valence-corrected chi connectivity index (χ1v) is 9.25. The Balaban J connectivity index is 1.90. The first kappa shape index (κ1) is 16.8. The fraction of sp³-hybridized carbons (Fsp3) is 0.533. The van der Waals surface area contributed by atoms with E-state index >= 15 is 0 Å². The van der Waals surface area contributed by atoms with E-state index in [1.165, 1.54) is 4.31 Å². The number of hydrogen-bond acceptors (Lipinski definition) is 4. The van der Waals surface area contributed by atoms with Gasteiger partial charge in [-0.25, -0.2) is 8.42 Å². The molecule has 0 aliphatic carbocycles. The molecule has 1 aliphatic rings. The van der Waals surface area contributed by atoms with Gasteiger partial charge in [0, 0.05) is 25.2 Å². The fourth-order valence-electron chi connectivity index (χ4n) is 2.38. The monoisotopic (exact) mass is 325 g/mol. The van der Waals surface area contributed by atoms with Gasteiger partial charge in [0.25, 0.3) is 5.91 Å². The molecular formula is C15H23N3O3S. The number of carbonyl (C=O) groups excluding carboxylic acids is 1. The van der Waals surface area contributed by atoms with E-state index in [0.29, 0.717) is 30.8 Å². The topological polar surface area (TPSA) is 78.5 Å². The van der Waals surface area contributed by atoms with Gasteiger partial charge in [0.15, 0.2) is 0 Å². The molecule has 1 saturated heterocycles. The summed E-state index contributed by atoms with van der Waals surface area (Å²) < 4.78 is 25.1. The van der Waals surface area contributed by atoms with Crippen LogP contribution in [0, 0.1) is 0 Å². The zero-order chi connectivity index (χ0) is 16.0. The summed E-state index contributed by atoms with van der Waals surface area (Å²) in [6, 6.07) is 6.70. The van der Waals surface area contributed by atoms with Crippen molar-refractivity contribution in [2.75, 3.05) is 36.2 Å². The molecule has 7 heteroatoms. The third-order valence-electron chi connectivity index (χ3n) is 3.53. The molecule has 22 heavy (non-hydrogen) atoms. The lowest BCUT2D eigenvalue weighted by Crippen LogP contribution is -2.32. The van der Waals surface area contributed by atoms with Crippen LogP contribution in [0.2, 0.25) is 0 Å². The summed E-state index contributed by atoms with van der Waals surface area (Å²) in [5.41, 5.74) is 1.16. The second-order valence-electron chi connectivity index (χ2n) is 5.29. The zero-order valence-electron chi connectivity index (χ0n) is 12.8. The fourth-order valence-corrected chi connectivity index (χ4v) is 3.94. The van der Waals surface area contributed by atoms with Gasteiger partial charge in [-0.15, -0.1) is 0 Å². The Labute approximate surface area is 131 Å². The summed E-state index contributed by atoms with van der Waals surface area (Å²) in [6.07, 6.45) is 1.71. The summed E-state index contributed by atoms with van der Waals surface area (Å²) in [6.45, 7) is 4.85. The van der Waals surface area contributed by atoms with Crippen molar-refractivity contribution in [3.05, 3.63) is 29.8 Å². The Morgan fingerprint density at radius 1 is 1.18 bits per heavy atom. The molecule has 0 bridgehead atoms. The van der Waals surface area contributed by atoms with E-state index in [4.69, 9.17) is 0 Å². The first-order valence-electron chi connectivity index (χ1n) is 7.64. The predicted molar refractivity (Wildman–Crippen MR) is 87.7 cm³/mol. The van der Waals surface area contributed by atoms with Crippen LogP contribution in [0.15, 0.2) is 24.3 Å². The summed E-state index contributed by atoms with van der Waals surface area (Å²) >= 11 is 0. The molecule has 1 aromatic carbocycles. The maximum absolute atomic E-state index is 12.0. The average molecular weight is 325 g/mol. The Kier molecular flexibility index (Phi) is 5.79. The normalized spacial score (nSPS) is 16.7. The highest BCUT2D eigenvalue weighted by Gasteiger charge is 2.28. The van der Waals surface area contributed by atoms with Gasteiger partial charge >= 0.3 is 0 Å². The van der Waals surface area contributed by atoms with Gasteiger partial charge in [0.1, 0.15) is 0 Å². The number of carbonyl (C=O) groups is 1. The van der Waals surface area contributed by atoms with Crippen LogP contribution in [0.5, 0.6) is 0 Å². The average Bonchev–Trinajstić information content (AvgIpc) is 2.86. The van der Waals surface area contributed by atoms with E-state index in [1.54, 1.807) is 24.3 Å².